The van der Waals surface area contributed by atoms with E-state index in [1.54, 1.807) is 48.7 Å². The zero-order chi connectivity index (χ0) is 22.0. The summed E-state index contributed by atoms with van der Waals surface area (Å²) in [5, 5.41) is 13.1. The van der Waals surface area contributed by atoms with E-state index >= 15 is 0 Å². The van der Waals surface area contributed by atoms with E-state index in [0.29, 0.717) is 24.0 Å². The SMILES string of the molecule is Cc1ccc(S(=O)(=O)n2ccc3ccc(CCNC(=O)c4cccc(O)c4)cc32)cc1. The second-order valence-corrected chi connectivity index (χ2v) is 9.19. The van der Waals surface area contributed by atoms with E-state index in [1.165, 1.54) is 16.1 Å². The van der Waals surface area contributed by atoms with Crippen LogP contribution in [0.2, 0.25) is 0 Å². The summed E-state index contributed by atoms with van der Waals surface area (Å²) in [4.78, 5) is 12.5. The van der Waals surface area contributed by atoms with Crippen molar-refractivity contribution in [3.63, 3.8) is 0 Å². The van der Waals surface area contributed by atoms with E-state index in [0.717, 1.165) is 16.5 Å². The Morgan fingerprint density at radius 3 is 2.52 bits per heavy atom. The Labute approximate surface area is 180 Å². The highest BCUT2D eigenvalue weighted by Gasteiger charge is 2.19. The number of nitrogens with one attached hydrogen (secondary N) is 1. The maximum absolute atomic E-state index is 13.1. The number of carbonyl (C=O) groups excluding carboxylic acids is 1. The summed E-state index contributed by atoms with van der Waals surface area (Å²) in [6.45, 7) is 2.29. The Morgan fingerprint density at radius 1 is 1.00 bits per heavy atom. The number of nitrogens with zero attached hydrogens (tertiary/aromatic N) is 1. The first-order chi connectivity index (χ1) is 14.8. The van der Waals surface area contributed by atoms with Crippen LogP contribution in [-0.4, -0.2) is 29.9 Å². The van der Waals surface area contributed by atoms with E-state index in [4.69, 9.17) is 0 Å². The molecule has 7 heteroatoms. The van der Waals surface area contributed by atoms with Crippen molar-refractivity contribution < 1.29 is 18.3 Å². The normalized spacial score (nSPS) is 11.5. The van der Waals surface area contributed by atoms with Gasteiger partial charge in [-0.2, -0.15) is 0 Å². The van der Waals surface area contributed by atoms with Gasteiger partial charge in [0.1, 0.15) is 5.75 Å². The highest BCUT2D eigenvalue weighted by molar-refractivity contribution is 7.90. The second-order valence-electron chi connectivity index (χ2n) is 7.38. The van der Waals surface area contributed by atoms with Gasteiger partial charge >= 0.3 is 0 Å². The Morgan fingerprint density at radius 2 is 1.77 bits per heavy atom. The molecule has 4 aromatic rings. The van der Waals surface area contributed by atoms with E-state index in [1.807, 2.05) is 25.1 Å². The average Bonchev–Trinajstić information content (AvgIpc) is 3.18. The van der Waals surface area contributed by atoms with E-state index < -0.39 is 10.0 Å². The number of phenols is 1. The largest absolute Gasteiger partial charge is 0.508 e. The van der Waals surface area contributed by atoms with Crippen molar-refractivity contribution in [2.24, 2.45) is 0 Å². The third kappa shape index (κ3) is 4.32. The van der Waals surface area contributed by atoms with Crippen LogP contribution in [0.15, 0.2) is 83.9 Å². The Balaban J connectivity index is 1.53. The first-order valence-corrected chi connectivity index (χ1v) is 11.3. The number of phenolic OH excluding ortho intramolecular Hbond substituents is 1. The number of hydrogen-bond acceptors (Lipinski definition) is 4. The quantitative estimate of drug-likeness (QED) is 0.482. The van der Waals surface area contributed by atoms with E-state index in [2.05, 4.69) is 5.32 Å². The van der Waals surface area contributed by atoms with Crippen LogP contribution in [0.3, 0.4) is 0 Å². The second kappa shape index (κ2) is 8.28. The Bertz CT molecular complexity index is 1360. The molecular weight excluding hydrogens is 412 g/mol. The van der Waals surface area contributed by atoms with Crippen molar-refractivity contribution in [3.05, 3.63) is 95.7 Å². The number of aromatic nitrogens is 1. The van der Waals surface area contributed by atoms with Gasteiger partial charge in [0, 0.05) is 23.7 Å². The van der Waals surface area contributed by atoms with Crippen LogP contribution in [0.25, 0.3) is 10.9 Å². The fraction of sp³-hybridized carbons (Fsp3) is 0.125. The molecule has 1 amide bonds. The van der Waals surface area contributed by atoms with Crippen molar-refractivity contribution in [2.45, 2.75) is 18.2 Å². The lowest BCUT2D eigenvalue weighted by molar-refractivity contribution is 0.0953. The summed E-state index contributed by atoms with van der Waals surface area (Å²) in [5.74, 6) is -0.240. The molecule has 4 rings (SSSR count). The number of hydrogen-bond donors (Lipinski definition) is 2. The van der Waals surface area contributed by atoms with Crippen molar-refractivity contribution in [2.75, 3.05) is 6.54 Å². The molecule has 0 radical (unpaired) electrons. The van der Waals surface area contributed by atoms with Crippen LogP contribution in [-0.2, 0) is 16.4 Å². The predicted molar refractivity (Wildman–Crippen MR) is 120 cm³/mol. The van der Waals surface area contributed by atoms with Crippen molar-refractivity contribution in [1.82, 2.24) is 9.29 Å². The predicted octanol–water partition coefficient (Wildman–Crippen LogP) is 3.86. The third-order valence-electron chi connectivity index (χ3n) is 5.11. The lowest BCUT2D eigenvalue weighted by atomic mass is 10.1. The molecule has 0 saturated carbocycles. The van der Waals surface area contributed by atoms with Crippen LogP contribution in [0, 0.1) is 6.92 Å². The summed E-state index contributed by atoms with van der Waals surface area (Å²) in [7, 11) is -3.71. The monoisotopic (exact) mass is 434 g/mol. The average molecular weight is 435 g/mol. The van der Waals surface area contributed by atoms with Gasteiger partial charge in [-0.1, -0.05) is 35.9 Å². The van der Waals surface area contributed by atoms with Gasteiger partial charge in [0.2, 0.25) is 0 Å². The van der Waals surface area contributed by atoms with Crippen LogP contribution in [0.1, 0.15) is 21.5 Å². The molecule has 3 aromatic carbocycles. The highest BCUT2D eigenvalue weighted by atomic mass is 32.2. The molecule has 31 heavy (non-hydrogen) atoms. The summed E-state index contributed by atoms with van der Waals surface area (Å²) in [5.41, 5.74) is 2.88. The van der Waals surface area contributed by atoms with Gasteiger partial charge in [-0.25, -0.2) is 12.4 Å². The number of benzene rings is 3. The minimum absolute atomic E-state index is 0.0358. The molecule has 0 fully saturated rings. The lowest BCUT2D eigenvalue weighted by Gasteiger charge is -2.10. The minimum Gasteiger partial charge on any atom is -0.508 e. The Kier molecular flexibility index (Phi) is 5.52. The van der Waals surface area contributed by atoms with Gasteiger partial charge in [0.25, 0.3) is 15.9 Å². The molecule has 0 saturated heterocycles. The number of carbonyl (C=O) groups is 1. The van der Waals surface area contributed by atoms with Crippen molar-refractivity contribution in [3.8, 4) is 5.75 Å². The topological polar surface area (TPSA) is 88.4 Å². The van der Waals surface area contributed by atoms with Crippen LogP contribution >= 0.6 is 0 Å². The first kappa shape index (κ1) is 20.7. The number of aromatic hydroxyl groups is 1. The summed E-state index contributed by atoms with van der Waals surface area (Å²) in [6.07, 6.45) is 2.10. The van der Waals surface area contributed by atoms with Gasteiger partial charge in [-0.15, -0.1) is 0 Å². The van der Waals surface area contributed by atoms with Crippen LogP contribution in [0.4, 0.5) is 0 Å². The van der Waals surface area contributed by atoms with E-state index in [9.17, 15) is 18.3 Å². The minimum atomic E-state index is -3.71. The molecule has 0 aliphatic rings. The first-order valence-electron chi connectivity index (χ1n) is 9.84. The standard InChI is InChI=1S/C24H22N2O4S/c1-17-5-9-22(10-6-17)31(29,30)26-14-12-19-8-7-18(15-23(19)26)11-13-25-24(28)20-3-2-4-21(27)16-20/h2-10,12,14-16,27H,11,13H2,1H3,(H,25,28). The van der Waals surface area contributed by atoms with Gasteiger partial charge < -0.3 is 10.4 Å². The molecule has 6 nitrogen and oxygen atoms in total. The van der Waals surface area contributed by atoms with Gasteiger partial charge in [-0.05, 0) is 61.4 Å². The van der Waals surface area contributed by atoms with Gasteiger partial charge in [0.15, 0.2) is 0 Å². The molecular formula is C24H22N2O4S. The molecule has 1 heterocycles. The molecule has 0 aliphatic heterocycles. The molecule has 158 valence electrons. The molecule has 0 bridgehead atoms. The summed E-state index contributed by atoms with van der Waals surface area (Å²) >= 11 is 0. The smallest absolute Gasteiger partial charge is 0.268 e. The summed E-state index contributed by atoms with van der Waals surface area (Å²) in [6, 6.07) is 20.3. The fourth-order valence-corrected chi connectivity index (χ4v) is 4.75. The lowest BCUT2D eigenvalue weighted by Crippen LogP contribution is -2.25. The third-order valence-corrected chi connectivity index (χ3v) is 6.81. The van der Waals surface area contributed by atoms with Crippen molar-refractivity contribution in [1.29, 1.82) is 0 Å². The Hall–Kier alpha value is -3.58. The fourth-order valence-electron chi connectivity index (χ4n) is 3.41. The zero-order valence-electron chi connectivity index (χ0n) is 16.9. The van der Waals surface area contributed by atoms with Crippen LogP contribution in [0.5, 0.6) is 5.75 Å². The summed E-state index contributed by atoms with van der Waals surface area (Å²) < 4.78 is 27.5. The molecule has 0 unspecified atom stereocenters. The molecule has 0 aliphatic carbocycles. The van der Waals surface area contributed by atoms with Gasteiger partial charge in [-0.3, -0.25) is 4.79 Å². The number of fused-ring (bicyclic) bond motifs is 1. The zero-order valence-corrected chi connectivity index (χ0v) is 17.8. The number of amides is 1. The molecule has 2 N–H and O–H groups in total. The molecule has 0 spiro atoms. The maximum atomic E-state index is 13.1. The number of aryl methyl sites for hydroxylation is 1. The number of rotatable bonds is 6. The highest BCUT2D eigenvalue weighted by Crippen LogP contribution is 2.24. The molecule has 1 aromatic heterocycles. The van der Waals surface area contributed by atoms with Crippen molar-refractivity contribution >= 4 is 26.8 Å². The maximum Gasteiger partial charge on any atom is 0.268 e. The molecule has 0 atom stereocenters. The van der Waals surface area contributed by atoms with Gasteiger partial charge in [0.05, 0.1) is 10.4 Å². The van der Waals surface area contributed by atoms with E-state index in [-0.39, 0.29) is 16.6 Å². The van der Waals surface area contributed by atoms with Crippen LogP contribution < -0.4 is 5.32 Å².